The number of nitrogens with zero attached hydrogens (tertiary/aromatic N) is 2. The topological polar surface area (TPSA) is 133 Å². The summed E-state index contributed by atoms with van der Waals surface area (Å²) in [6, 6.07) is 8.17. The van der Waals surface area contributed by atoms with Crippen LogP contribution >= 0.6 is 0 Å². The SMILES string of the molecule is CCCc1cc2c(CN3CCNCC3)c(Cc3cccc(N[I-]S(=O)(=O)NC)c3F)c(=O)oc2cc1OC(=O)N(C)C. The number of carbonyl (C=O) groups is 1. The second-order valence-electron chi connectivity index (χ2n) is 10.1. The molecule has 1 aliphatic rings. The summed E-state index contributed by atoms with van der Waals surface area (Å²) in [4.78, 5) is 29.4. The molecule has 0 saturated carbocycles. The quantitative estimate of drug-likeness (QED) is 0.107. The monoisotopic (exact) mass is 716 g/mol. The maximum atomic E-state index is 15.6. The van der Waals surface area contributed by atoms with Gasteiger partial charge in [-0.05, 0) is 0 Å². The van der Waals surface area contributed by atoms with Gasteiger partial charge in [-0.3, -0.25) is 0 Å². The summed E-state index contributed by atoms with van der Waals surface area (Å²) in [5.74, 6) is -0.287. The fourth-order valence-electron chi connectivity index (χ4n) is 4.68. The van der Waals surface area contributed by atoms with E-state index in [0.29, 0.717) is 29.7 Å². The zero-order valence-corrected chi connectivity index (χ0v) is 27.0. The predicted octanol–water partition coefficient (Wildman–Crippen LogP) is -0.179. The average molecular weight is 717 g/mol. The molecule has 0 aliphatic carbocycles. The van der Waals surface area contributed by atoms with Crippen molar-refractivity contribution in [2.75, 3.05) is 50.9 Å². The Bertz CT molecular complexity index is 1610. The number of hydrogen-bond acceptors (Lipinski definition) is 9. The first kappa shape index (κ1) is 32.1. The van der Waals surface area contributed by atoms with Crippen LogP contribution in [0.2, 0.25) is 0 Å². The standard InChI is InChI=1S/C28H36FIN5O6S/c1-5-7-18-14-20-22(17-35-12-10-32-11-13-35)21(27(36)40-25(20)16-24(18)41-28(37)34(3)4)15-19-8-6-9-23(26(19)29)33-30-42(38,39)31-2/h6,8-9,14,16,31-33H,5,7,10-13,15,17H2,1-4H3/q-1. The molecule has 0 radical (unpaired) electrons. The molecule has 0 atom stereocenters. The third-order valence-corrected chi connectivity index (χ3v) is 12.0. The third kappa shape index (κ3) is 7.78. The predicted molar refractivity (Wildman–Crippen MR) is 155 cm³/mol. The first-order chi connectivity index (χ1) is 20.0. The Balaban J connectivity index is 1.82. The van der Waals surface area contributed by atoms with Crippen molar-refractivity contribution in [1.29, 1.82) is 0 Å². The summed E-state index contributed by atoms with van der Waals surface area (Å²) in [6.45, 7) is 5.64. The molecule has 1 aromatic heterocycles. The van der Waals surface area contributed by atoms with Crippen LogP contribution in [0.3, 0.4) is 0 Å². The summed E-state index contributed by atoms with van der Waals surface area (Å²) in [7, 11) is 0.975. The van der Waals surface area contributed by atoms with E-state index in [0.717, 1.165) is 43.7 Å². The number of amides is 1. The molecule has 230 valence electrons. The summed E-state index contributed by atoms with van der Waals surface area (Å²) >= 11 is -1.62. The number of carbonyl (C=O) groups excluding carboxylic acids is 1. The summed E-state index contributed by atoms with van der Waals surface area (Å²) in [5, 5.41) is 4.03. The van der Waals surface area contributed by atoms with Gasteiger partial charge in [-0.1, -0.05) is 6.92 Å². The number of piperazine rings is 1. The van der Waals surface area contributed by atoms with Crippen LogP contribution in [-0.2, 0) is 26.6 Å². The van der Waals surface area contributed by atoms with E-state index in [2.05, 4.69) is 18.5 Å². The van der Waals surface area contributed by atoms with E-state index >= 15 is 4.39 Å². The minimum absolute atomic E-state index is 0.0430. The van der Waals surface area contributed by atoms with Crippen LogP contribution in [0.15, 0.2) is 39.5 Å². The molecule has 4 rings (SSSR count). The first-order valence-corrected chi connectivity index (χ1v) is 18.7. The molecule has 3 N–H and O–H groups in total. The minimum atomic E-state index is -3.51. The van der Waals surface area contributed by atoms with Gasteiger partial charge in [0.2, 0.25) is 0 Å². The van der Waals surface area contributed by atoms with Crippen LogP contribution in [0.25, 0.3) is 11.0 Å². The normalized spacial score (nSPS) is 14.3. The molecule has 2 heterocycles. The molecule has 3 aromatic rings. The summed E-state index contributed by atoms with van der Waals surface area (Å²) in [5.41, 5.74) is 1.84. The van der Waals surface area contributed by atoms with Gasteiger partial charge in [-0.15, -0.1) is 0 Å². The Morgan fingerprint density at radius 3 is 2.60 bits per heavy atom. The van der Waals surface area contributed by atoms with E-state index in [9.17, 15) is 18.0 Å². The molecule has 2 aromatic carbocycles. The van der Waals surface area contributed by atoms with E-state index < -0.39 is 44.8 Å². The van der Waals surface area contributed by atoms with Crippen LogP contribution in [0.4, 0.5) is 14.9 Å². The van der Waals surface area contributed by atoms with Gasteiger partial charge in [0.15, 0.2) is 0 Å². The molecule has 14 heteroatoms. The van der Waals surface area contributed by atoms with E-state index in [1.807, 2.05) is 13.0 Å². The molecule has 0 spiro atoms. The molecule has 1 saturated heterocycles. The number of hydrogen-bond donors (Lipinski definition) is 3. The van der Waals surface area contributed by atoms with Crippen LogP contribution in [0.5, 0.6) is 5.75 Å². The van der Waals surface area contributed by atoms with Gasteiger partial charge in [0.25, 0.3) is 0 Å². The van der Waals surface area contributed by atoms with Crippen molar-refractivity contribution in [3.05, 3.63) is 68.8 Å². The number of halogens is 2. The summed E-state index contributed by atoms with van der Waals surface area (Å²) < 4.78 is 55.8. The van der Waals surface area contributed by atoms with E-state index in [1.54, 1.807) is 32.3 Å². The van der Waals surface area contributed by atoms with Crippen molar-refractivity contribution in [3.8, 4) is 5.75 Å². The van der Waals surface area contributed by atoms with Crippen LogP contribution in [0.1, 0.15) is 35.6 Å². The van der Waals surface area contributed by atoms with Crippen LogP contribution in [0, 0.1) is 5.82 Å². The summed E-state index contributed by atoms with van der Waals surface area (Å²) in [6.07, 6.45) is 0.847. The Morgan fingerprint density at radius 2 is 1.93 bits per heavy atom. The zero-order chi connectivity index (χ0) is 30.4. The van der Waals surface area contributed by atoms with Crippen molar-refractivity contribution in [2.24, 2.45) is 0 Å². The molecular weight excluding hydrogens is 680 g/mol. The zero-order valence-electron chi connectivity index (χ0n) is 24.1. The number of anilines is 1. The molecular formula is C28H36FIN5O6S-. The molecule has 11 nitrogen and oxygen atoms in total. The van der Waals surface area contributed by atoms with Crippen LogP contribution in [-0.4, -0.2) is 71.6 Å². The van der Waals surface area contributed by atoms with Crippen molar-refractivity contribution in [2.45, 2.75) is 32.7 Å². The van der Waals surface area contributed by atoms with Crippen LogP contribution < -0.4 is 44.0 Å². The molecule has 42 heavy (non-hydrogen) atoms. The number of aryl methyl sites for hydroxylation is 1. The number of rotatable bonds is 11. The van der Waals surface area contributed by atoms with Crippen molar-refractivity contribution >= 4 is 29.9 Å². The molecule has 1 amide bonds. The van der Waals surface area contributed by atoms with Gasteiger partial charge in [0.1, 0.15) is 0 Å². The van der Waals surface area contributed by atoms with Crippen molar-refractivity contribution in [1.82, 2.24) is 19.8 Å². The minimum Gasteiger partial charge on any atom is -0.314 e. The smallest absolute Gasteiger partial charge is 0.314 e. The van der Waals surface area contributed by atoms with Gasteiger partial charge in [-0.2, -0.15) is 0 Å². The second kappa shape index (κ2) is 14.1. The number of benzene rings is 2. The second-order valence-corrected chi connectivity index (χ2v) is 16.9. The molecule has 1 aliphatic heterocycles. The Hall–Kier alpha value is -2.79. The average Bonchev–Trinajstić information content (AvgIpc) is 2.96. The van der Waals surface area contributed by atoms with E-state index in [4.69, 9.17) is 9.15 Å². The maximum absolute atomic E-state index is 15.6. The molecule has 0 bridgehead atoms. The molecule has 1 fully saturated rings. The fraction of sp³-hybridized carbons (Fsp3) is 0.429. The Morgan fingerprint density at radius 1 is 1.19 bits per heavy atom. The van der Waals surface area contributed by atoms with Crippen molar-refractivity contribution < 1.29 is 46.9 Å². The van der Waals surface area contributed by atoms with Gasteiger partial charge in [0.05, 0.1) is 0 Å². The van der Waals surface area contributed by atoms with Gasteiger partial charge < -0.3 is 4.90 Å². The number of ether oxygens (including phenoxy) is 1. The van der Waals surface area contributed by atoms with E-state index in [1.165, 1.54) is 18.0 Å². The Kier molecular flexibility index (Phi) is 10.8. The number of nitrogens with one attached hydrogen (secondary N) is 3. The third-order valence-electron chi connectivity index (χ3n) is 6.91. The fourth-order valence-corrected chi connectivity index (χ4v) is 7.60. The Labute approximate surface area is 253 Å². The van der Waals surface area contributed by atoms with E-state index in [-0.39, 0.29) is 23.3 Å². The van der Waals surface area contributed by atoms with Gasteiger partial charge >= 0.3 is 224 Å². The first-order valence-electron chi connectivity index (χ1n) is 13.6. The number of fused-ring (bicyclic) bond motifs is 1. The van der Waals surface area contributed by atoms with Gasteiger partial charge in [0, 0.05) is 14.1 Å². The van der Waals surface area contributed by atoms with Gasteiger partial charge in [-0.25, -0.2) is 4.79 Å². The molecule has 0 unspecified atom stereocenters. The van der Waals surface area contributed by atoms with Crippen molar-refractivity contribution in [3.63, 3.8) is 0 Å².